The van der Waals surface area contributed by atoms with E-state index in [-0.39, 0.29) is 11.7 Å². The fraction of sp³-hybridized carbons (Fsp3) is 0.429. The largest absolute Gasteiger partial charge is 0.338 e. The Hall–Kier alpha value is -1.49. The van der Waals surface area contributed by atoms with E-state index >= 15 is 0 Å². The molecule has 104 valence electrons. The second-order valence-electron chi connectivity index (χ2n) is 4.21. The number of hydrogen-bond acceptors (Lipinski definition) is 3. The topological polar surface area (TPSA) is 58.2 Å². The van der Waals surface area contributed by atoms with Gasteiger partial charge in [-0.05, 0) is 25.0 Å². The highest BCUT2D eigenvalue weighted by molar-refractivity contribution is 8.00. The molecule has 4 nitrogen and oxygen atoms in total. The lowest BCUT2D eigenvalue weighted by Crippen LogP contribution is -2.40. The van der Waals surface area contributed by atoms with Gasteiger partial charge in [0.25, 0.3) is 0 Å². The predicted octanol–water partition coefficient (Wildman–Crippen LogP) is 2.71. The molecule has 0 atom stereocenters. The number of carbonyl (C=O) groups is 2. The van der Waals surface area contributed by atoms with Crippen LogP contribution >= 0.6 is 11.8 Å². The van der Waals surface area contributed by atoms with Crippen LogP contribution in [0.5, 0.6) is 0 Å². The second-order valence-corrected chi connectivity index (χ2v) is 5.23. The van der Waals surface area contributed by atoms with Crippen molar-refractivity contribution < 1.29 is 9.59 Å². The summed E-state index contributed by atoms with van der Waals surface area (Å²) in [6.45, 7) is 4.64. The van der Waals surface area contributed by atoms with Gasteiger partial charge in [-0.25, -0.2) is 4.79 Å². The van der Waals surface area contributed by atoms with Gasteiger partial charge in [0.15, 0.2) is 0 Å². The molecule has 1 aromatic carbocycles. The zero-order chi connectivity index (χ0) is 14.1. The Balaban J connectivity index is 2.28. The molecule has 0 radical (unpaired) electrons. The molecular weight excluding hydrogens is 260 g/mol. The summed E-state index contributed by atoms with van der Waals surface area (Å²) >= 11 is 1.43. The number of benzene rings is 1. The molecule has 0 aliphatic rings. The van der Waals surface area contributed by atoms with Crippen molar-refractivity contribution in [2.45, 2.75) is 31.6 Å². The van der Waals surface area contributed by atoms with Gasteiger partial charge in [0.05, 0.1) is 5.75 Å². The molecule has 2 N–H and O–H groups in total. The SMILES string of the molecule is CCCCNC(=O)NC(=O)CSc1ccccc1C. The highest BCUT2D eigenvalue weighted by Crippen LogP contribution is 2.21. The number of rotatable bonds is 6. The van der Waals surface area contributed by atoms with Crippen molar-refractivity contribution in [3.8, 4) is 0 Å². The molecule has 19 heavy (non-hydrogen) atoms. The van der Waals surface area contributed by atoms with Crippen LogP contribution < -0.4 is 10.6 Å². The quantitative estimate of drug-likeness (QED) is 0.622. The summed E-state index contributed by atoms with van der Waals surface area (Å²) in [7, 11) is 0. The van der Waals surface area contributed by atoms with Crippen molar-refractivity contribution in [1.29, 1.82) is 0 Å². The molecule has 1 rings (SSSR count). The smallest absolute Gasteiger partial charge is 0.321 e. The van der Waals surface area contributed by atoms with Crippen LogP contribution in [0.25, 0.3) is 0 Å². The van der Waals surface area contributed by atoms with Crippen LogP contribution in [0.3, 0.4) is 0 Å². The van der Waals surface area contributed by atoms with Gasteiger partial charge in [-0.3, -0.25) is 10.1 Å². The number of thioether (sulfide) groups is 1. The molecule has 0 heterocycles. The second kappa shape index (κ2) is 8.58. The van der Waals surface area contributed by atoms with Crippen LogP contribution in [-0.2, 0) is 4.79 Å². The molecule has 5 heteroatoms. The van der Waals surface area contributed by atoms with Crippen LogP contribution in [0, 0.1) is 6.92 Å². The summed E-state index contributed by atoms with van der Waals surface area (Å²) < 4.78 is 0. The summed E-state index contributed by atoms with van der Waals surface area (Å²) in [5.41, 5.74) is 1.13. The van der Waals surface area contributed by atoms with Gasteiger partial charge in [0.2, 0.25) is 5.91 Å². The van der Waals surface area contributed by atoms with Gasteiger partial charge < -0.3 is 5.32 Å². The lowest BCUT2D eigenvalue weighted by atomic mass is 10.2. The first-order valence-corrected chi connectivity index (χ1v) is 7.38. The van der Waals surface area contributed by atoms with Crippen LogP contribution in [0.1, 0.15) is 25.3 Å². The number of unbranched alkanes of at least 4 members (excludes halogenated alkanes) is 1. The van der Waals surface area contributed by atoms with Gasteiger partial charge in [-0.2, -0.15) is 0 Å². The highest BCUT2D eigenvalue weighted by atomic mass is 32.2. The third-order valence-electron chi connectivity index (χ3n) is 2.52. The van der Waals surface area contributed by atoms with E-state index in [9.17, 15) is 9.59 Å². The zero-order valence-electron chi connectivity index (χ0n) is 11.4. The third kappa shape index (κ3) is 6.29. The predicted molar refractivity (Wildman–Crippen MR) is 78.4 cm³/mol. The van der Waals surface area contributed by atoms with Crippen LogP contribution in [0.15, 0.2) is 29.2 Å². The van der Waals surface area contributed by atoms with Crippen molar-refractivity contribution in [2.75, 3.05) is 12.3 Å². The minimum atomic E-state index is -0.413. The Morgan fingerprint density at radius 3 is 2.68 bits per heavy atom. The van der Waals surface area contributed by atoms with E-state index < -0.39 is 6.03 Å². The summed E-state index contributed by atoms with van der Waals surface area (Å²) in [4.78, 5) is 24.0. The molecule has 3 amide bonds. The van der Waals surface area contributed by atoms with E-state index in [1.54, 1.807) is 0 Å². The van der Waals surface area contributed by atoms with E-state index in [0.717, 1.165) is 23.3 Å². The van der Waals surface area contributed by atoms with Gasteiger partial charge >= 0.3 is 6.03 Å². The van der Waals surface area contributed by atoms with Crippen molar-refractivity contribution >= 4 is 23.7 Å². The fourth-order valence-electron chi connectivity index (χ4n) is 1.45. The van der Waals surface area contributed by atoms with Gasteiger partial charge in [-0.1, -0.05) is 31.5 Å². The highest BCUT2D eigenvalue weighted by Gasteiger charge is 2.08. The maximum absolute atomic E-state index is 11.6. The number of imide groups is 1. The Morgan fingerprint density at radius 2 is 2.00 bits per heavy atom. The van der Waals surface area contributed by atoms with Crippen LogP contribution in [0.2, 0.25) is 0 Å². The van der Waals surface area contributed by atoms with E-state index in [4.69, 9.17) is 0 Å². The monoisotopic (exact) mass is 280 g/mol. The number of hydrogen-bond donors (Lipinski definition) is 2. The average molecular weight is 280 g/mol. The van der Waals surface area contributed by atoms with Crippen LogP contribution in [-0.4, -0.2) is 24.2 Å². The zero-order valence-corrected chi connectivity index (χ0v) is 12.2. The minimum Gasteiger partial charge on any atom is -0.338 e. The number of carbonyl (C=O) groups excluding carboxylic acids is 2. The first kappa shape index (κ1) is 15.6. The molecular formula is C14H20N2O2S. The number of urea groups is 1. The molecule has 0 unspecified atom stereocenters. The Morgan fingerprint density at radius 1 is 1.26 bits per heavy atom. The lowest BCUT2D eigenvalue weighted by molar-refractivity contribution is -0.117. The molecule has 0 bridgehead atoms. The number of aryl methyl sites for hydroxylation is 1. The maximum Gasteiger partial charge on any atom is 0.321 e. The molecule has 0 spiro atoms. The molecule has 0 aromatic heterocycles. The first-order valence-electron chi connectivity index (χ1n) is 6.39. The maximum atomic E-state index is 11.6. The fourth-order valence-corrected chi connectivity index (χ4v) is 2.28. The molecule has 1 aromatic rings. The van der Waals surface area contributed by atoms with E-state index in [1.807, 2.05) is 38.1 Å². The Labute approximate surface area is 118 Å². The van der Waals surface area contributed by atoms with Crippen molar-refractivity contribution in [2.24, 2.45) is 0 Å². The summed E-state index contributed by atoms with van der Waals surface area (Å²) in [5, 5.41) is 4.96. The molecule has 0 saturated heterocycles. The van der Waals surface area contributed by atoms with Crippen molar-refractivity contribution in [3.05, 3.63) is 29.8 Å². The van der Waals surface area contributed by atoms with Gasteiger partial charge in [0.1, 0.15) is 0 Å². The van der Waals surface area contributed by atoms with Gasteiger partial charge in [-0.15, -0.1) is 11.8 Å². The molecule has 0 fully saturated rings. The van der Waals surface area contributed by atoms with E-state index in [1.165, 1.54) is 11.8 Å². The average Bonchev–Trinajstić information content (AvgIpc) is 2.38. The van der Waals surface area contributed by atoms with Crippen LogP contribution in [0.4, 0.5) is 4.79 Å². The molecule has 0 aliphatic heterocycles. The molecule has 0 saturated carbocycles. The van der Waals surface area contributed by atoms with E-state index in [0.29, 0.717) is 6.54 Å². The normalized spacial score (nSPS) is 10.0. The summed E-state index contributed by atoms with van der Waals surface area (Å²) in [6, 6.07) is 7.45. The minimum absolute atomic E-state index is 0.242. The van der Waals surface area contributed by atoms with E-state index in [2.05, 4.69) is 10.6 Å². The standard InChI is InChI=1S/C14H20N2O2S/c1-3-4-9-15-14(18)16-13(17)10-19-12-8-6-5-7-11(12)2/h5-8H,3-4,9-10H2,1-2H3,(H2,15,16,17,18). The Bertz CT molecular complexity index is 435. The summed E-state index contributed by atoms with van der Waals surface area (Å²) in [5.74, 6) is -0.0336. The first-order chi connectivity index (χ1) is 9.13. The lowest BCUT2D eigenvalue weighted by Gasteiger charge is -2.07. The summed E-state index contributed by atoms with van der Waals surface area (Å²) in [6.07, 6.45) is 1.93. The molecule has 0 aliphatic carbocycles. The number of nitrogens with one attached hydrogen (secondary N) is 2. The van der Waals surface area contributed by atoms with Gasteiger partial charge in [0, 0.05) is 11.4 Å². The van der Waals surface area contributed by atoms with Crippen molar-refractivity contribution in [1.82, 2.24) is 10.6 Å². The van der Waals surface area contributed by atoms with Crippen molar-refractivity contribution in [3.63, 3.8) is 0 Å². The number of amides is 3. The third-order valence-corrected chi connectivity index (χ3v) is 3.70. The Kier molecular flexibility index (Phi) is 7.03.